The van der Waals surface area contributed by atoms with Crippen LogP contribution in [0, 0.1) is 0 Å². The molecule has 18 heavy (non-hydrogen) atoms. The molecule has 0 saturated carbocycles. The number of hydrogen-bond donors (Lipinski definition) is 1. The smallest absolute Gasteiger partial charge is 0.169 e. The van der Waals surface area contributed by atoms with Gasteiger partial charge >= 0.3 is 0 Å². The van der Waals surface area contributed by atoms with E-state index in [-0.39, 0.29) is 0 Å². The van der Waals surface area contributed by atoms with Gasteiger partial charge in [-0.15, -0.1) is 0 Å². The molecule has 0 unspecified atom stereocenters. The van der Waals surface area contributed by atoms with Crippen LogP contribution in [0.3, 0.4) is 0 Å². The average Bonchev–Trinajstić information content (AvgIpc) is 2.82. The summed E-state index contributed by atoms with van der Waals surface area (Å²) in [6.07, 6.45) is 1.71. The minimum absolute atomic E-state index is 0.638. The van der Waals surface area contributed by atoms with Gasteiger partial charge in [0.15, 0.2) is 5.82 Å². The van der Waals surface area contributed by atoms with Crippen molar-refractivity contribution in [1.82, 2.24) is 14.8 Å². The van der Waals surface area contributed by atoms with Gasteiger partial charge in [0.25, 0.3) is 0 Å². The number of hydrogen-bond acceptors (Lipinski definition) is 3. The van der Waals surface area contributed by atoms with Crippen LogP contribution in [-0.2, 0) is 13.6 Å². The number of nitrogens with one attached hydrogen (secondary N) is 1. The van der Waals surface area contributed by atoms with Gasteiger partial charge in [-0.25, -0.2) is 4.98 Å². The predicted octanol–water partition coefficient (Wildman–Crippen LogP) is 2.58. The molecule has 0 spiro atoms. The van der Waals surface area contributed by atoms with Gasteiger partial charge in [-0.2, -0.15) is 5.10 Å². The molecule has 1 heterocycles. The molecule has 0 radical (unpaired) electrons. The highest BCUT2D eigenvalue weighted by Crippen LogP contribution is 2.18. The second kappa shape index (κ2) is 4.49. The summed E-state index contributed by atoms with van der Waals surface area (Å²) in [6, 6.07) is 14.6. The molecule has 3 rings (SSSR count). The zero-order valence-corrected chi connectivity index (χ0v) is 10.2. The zero-order chi connectivity index (χ0) is 12.4. The lowest BCUT2D eigenvalue weighted by atomic mass is 10.1. The van der Waals surface area contributed by atoms with Crippen molar-refractivity contribution >= 4 is 16.5 Å². The van der Waals surface area contributed by atoms with E-state index in [9.17, 15) is 0 Å². The minimum atomic E-state index is 0.638. The fraction of sp³-hybridized carbons (Fsp3) is 0.143. The maximum atomic E-state index is 4.23. The van der Waals surface area contributed by atoms with E-state index in [0.29, 0.717) is 6.54 Å². The summed E-state index contributed by atoms with van der Waals surface area (Å²) in [6.45, 7) is 0.638. The number of nitrogens with zero attached hydrogens (tertiary/aromatic N) is 3. The monoisotopic (exact) mass is 238 g/mol. The molecule has 90 valence electrons. The largest absolute Gasteiger partial charge is 0.378 e. The van der Waals surface area contributed by atoms with Gasteiger partial charge in [-0.05, 0) is 22.9 Å². The third-order valence-corrected chi connectivity index (χ3v) is 2.85. The van der Waals surface area contributed by atoms with Crippen molar-refractivity contribution in [3.63, 3.8) is 0 Å². The van der Waals surface area contributed by atoms with Gasteiger partial charge in [0.05, 0.1) is 6.54 Å². The average molecular weight is 238 g/mol. The van der Waals surface area contributed by atoms with Crippen LogP contribution in [0.5, 0.6) is 0 Å². The molecule has 0 atom stereocenters. The number of anilines is 1. The van der Waals surface area contributed by atoms with Crippen LogP contribution in [0.1, 0.15) is 5.82 Å². The minimum Gasteiger partial charge on any atom is -0.378 e. The van der Waals surface area contributed by atoms with Crippen molar-refractivity contribution in [3.05, 3.63) is 54.6 Å². The van der Waals surface area contributed by atoms with Gasteiger partial charge in [0.2, 0.25) is 0 Å². The summed E-state index contributed by atoms with van der Waals surface area (Å²) in [5.41, 5.74) is 1.08. The quantitative estimate of drug-likeness (QED) is 0.762. The zero-order valence-electron chi connectivity index (χ0n) is 10.2. The number of aromatic nitrogens is 3. The standard InChI is InChI=1S/C14H14N4/c1-18-10-16-14(17-18)9-15-13-7-6-11-4-2-3-5-12(11)8-13/h2-8,10,15H,9H2,1H3. The highest BCUT2D eigenvalue weighted by molar-refractivity contribution is 5.85. The van der Waals surface area contributed by atoms with Crippen LogP contribution in [0.15, 0.2) is 48.8 Å². The lowest BCUT2D eigenvalue weighted by molar-refractivity contribution is 0.747. The second-order valence-electron chi connectivity index (χ2n) is 4.25. The normalized spacial score (nSPS) is 10.7. The topological polar surface area (TPSA) is 42.7 Å². The molecular weight excluding hydrogens is 224 g/mol. The van der Waals surface area contributed by atoms with Crippen LogP contribution in [-0.4, -0.2) is 14.8 Å². The van der Waals surface area contributed by atoms with Gasteiger partial charge < -0.3 is 5.32 Å². The van der Waals surface area contributed by atoms with E-state index in [1.165, 1.54) is 10.8 Å². The van der Waals surface area contributed by atoms with E-state index in [1.807, 2.05) is 19.2 Å². The fourth-order valence-corrected chi connectivity index (χ4v) is 1.95. The highest BCUT2D eigenvalue weighted by atomic mass is 15.3. The number of aryl methyl sites for hydroxylation is 1. The molecule has 1 aromatic heterocycles. The Morgan fingerprint density at radius 1 is 1.11 bits per heavy atom. The Labute approximate surface area is 105 Å². The van der Waals surface area contributed by atoms with E-state index >= 15 is 0 Å². The Hall–Kier alpha value is -2.36. The first-order chi connectivity index (χ1) is 8.81. The van der Waals surface area contributed by atoms with Crippen molar-refractivity contribution in [1.29, 1.82) is 0 Å². The molecule has 3 aromatic rings. The molecular formula is C14H14N4. The summed E-state index contributed by atoms with van der Waals surface area (Å²) >= 11 is 0. The molecule has 0 aliphatic carbocycles. The van der Waals surface area contributed by atoms with Gasteiger partial charge in [-0.3, -0.25) is 4.68 Å². The highest BCUT2D eigenvalue weighted by Gasteiger charge is 1.99. The maximum absolute atomic E-state index is 4.23. The number of rotatable bonds is 3. The Balaban J connectivity index is 1.78. The van der Waals surface area contributed by atoms with Crippen molar-refractivity contribution in [2.45, 2.75) is 6.54 Å². The van der Waals surface area contributed by atoms with Crippen molar-refractivity contribution in [2.24, 2.45) is 7.05 Å². The molecule has 0 saturated heterocycles. The second-order valence-corrected chi connectivity index (χ2v) is 4.25. The Morgan fingerprint density at radius 3 is 2.72 bits per heavy atom. The molecule has 0 amide bonds. The maximum Gasteiger partial charge on any atom is 0.169 e. The lowest BCUT2D eigenvalue weighted by Gasteiger charge is -2.05. The molecule has 4 heteroatoms. The number of benzene rings is 2. The summed E-state index contributed by atoms with van der Waals surface area (Å²) in [4.78, 5) is 4.18. The number of fused-ring (bicyclic) bond motifs is 1. The van der Waals surface area contributed by atoms with E-state index in [1.54, 1.807) is 11.0 Å². The van der Waals surface area contributed by atoms with Gasteiger partial charge in [-0.1, -0.05) is 30.3 Å². The van der Waals surface area contributed by atoms with Crippen LogP contribution >= 0.6 is 0 Å². The summed E-state index contributed by atoms with van der Waals surface area (Å²) in [5.74, 6) is 0.797. The summed E-state index contributed by atoms with van der Waals surface area (Å²) in [5, 5.41) is 10.0. The van der Waals surface area contributed by atoms with E-state index < -0.39 is 0 Å². The molecule has 1 N–H and O–H groups in total. The third-order valence-electron chi connectivity index (χ3n) is 2.85. The SMILES string of the molecule is Cn1cnc(CNc2ccc3ccccc3c2)n1. The lowest BCUT2D eigenvalue weighted by Crippen LogP contribution is -2.02. The fourth-order valence-electron chi connectivity index (χ4n) is 1.95. The van der Waals surface area contributed by atoms with E-state index in [2.05, 4.69) is 45.7 Å². The molecule has 0 bridgehead atoms. The Bertz CT molecular complexity index is 672. The van der Waals surface area contributed by atoms with E-state index in [0.717, 1.165) is 11.5 Å². The first-order valence-electron chi connectivity index (χ1n) is 5.88. The molecule has 0 fully saturated rings. The summed E-state index contributed by atoms with van der Waals surface area (Å²) in [7, 11) is 1.87. The van der Waals surface area contributed by atoms with Crippen molar-refractivity contribution in [2.75, 3.05) is 5.32 Å². The molecule has 0 aliphatic rings. The third kappa shape index (κ3) is 2.18. The molecule has 2 aromatic carbocycles. The van der Waals surface area contributed by atoms with Gasteiger partial charge in [0, 0.05) is 12.7 Å². The van der Waals surface area contributed by atoms with Crippen molar-refractivity contribution in [3.8, 4) is 0 Å². The van der Waals surface area contributed by atoms with Crippen molar-refractivity contribution < 1.29 is 0 Å². The first-order valence-corrected chi connectivity index (χ1v) is 5.88. The van der Waals surface area contributed by atoms with Crippen LogP contribution in [0.4, 0.5) is 5.69 Å². The molecule has 0 aliphatic heterocycles. The van der Waals surface area contributed by atoms with Crippen LogP contribution < -0.4 is 5.32 Å². The summed E-state index contributed by atoms with van der Waals surface area (Å²) < 4.78 is 1.71. The molecule has 4 nitrogen and oxygen atoms in total. The Kier molecular flexibility index (Phi) is 2.68. The van der Waals surface area contributed by atoms with Crippen LogP contribution in [0.25, 0.3) is 10.8 Å². The van der Waals surface area contributed by atoms with Gasteiger partial charge in [0.1, 0.15) is 6.33 Å². The Morgan fingerprint density at radius 2 is 1.94 bits per heavy atom. The first kappa shape index (κ1) is 10.8. The van der Waals surface area contributed by atoms with Crippen LogP contribution in [0.2, 0.25) is 0 Å². The predicted molar refractivity (Wildman–Crippen MR) is 72.3 cm³/mol. The van der Waals surface area contributed by atoms with E-state index in [4.69, 9.17) is 0 Å².